The normalized spacial score (nSPS) is 14.3. The van der Waals surface area contributed by atoms with Crippen molar-refractivity contribution in [2.24, 2.45) is 0 Å². The molecule has 3 aromatic rings. The Labute approximate surface area is 142 Å². The van der Waals surface area contributed by atoms with Crippen molar-refractivity contribution in [1.29, 1.82) is 0 Å². The van der Waals surface area contributed by atoms with Crippen LogP contribution in [0.2, 0.25) is 5.02 Å². The average Bonchev–Trinajstić information content (AvgIpc) is 3.11. The van der Waals surface area contributed by atoms with Gasteiger partial charge in [0.2, 0.25) is 5.89 Å². The lowest BCUT2D eigenvalue weighted by molar-refractivity contribution is 0.530. The highest BCUT2D eigenvalue weighted by Gasteiger charge is 2.27. The molecule has 0 aliphatic heterocycles. The Balaban J connectivity index is 1.38. The van der Waals surface area contributed by atoms with E-state index in [0.29, 0.717) is 28.5 Å². The molecule has 1 aromatic carbocycles. The van der Waals surface area contributed by atoms with Gasteiger partial charge in [-0.25, -0.2) is 9.67 Å². The van der Waals surface area contributed by atoms with Gasteiger partial charge in [-0.3, -0.25) is 0 Å². The fourth-order valence-electron chi connectivity index (χ4n) is 2.30. The van der Waals surface area contributed by atoms with Crippen molar-refractivity contribution in [2.75, 3.05) is 0 Å². The first-order chi connectivity index (χ1) is 11.3. The summed E-state index contributed by atoms with van der Waals surface area (Å²) in [7, 11) is 0. The third kappa shape index (κ3) is 3.25. The standard InChI is InChI=1S/C15H14ClN5OS/c16-12-4-2-1-3-11(12)13-7-17-15(22-13)9-23-8-14-18-19-20-21(14)10-5-6-10/h1-4,7,10H,5-6,8-9H2. The Morgan fingerprint density at radius 1 is 1.26 bits per heavy atom. The predicted molar refractivity (Wildman–Crippen MR) is 88.0 cm³/mol. The number of benzene rings is 1. The SMILES string of the molecule is Clc1ccccc1-c1cnc(CSCc2nnnn2C2CC2)o1. The number of tetrazole rings is 1. The van der Waals surface area contributed by atoms with Gasteiger partial charge in [-0.15, -0.1) is 16.9 Å². The van der Waals surface area contributed by atoms with E-state index < -0.39 is 0 Å². The molecule has 1 fully saturated rings. The van der Waals surface area contributed by atoms with Gasteiger partial charge in [-0.1, -0.05) is 23.7 Å². The molecule has 4 rings (SSSR count). The summed E-state index contributed by atoms with van der Waals surface area (Å²) >= 11 is 7.86. The molecule has 2 heterocycles. The van der Waals surface area contributed by atoms with E-state index in [4.69, 9.17) is 16.0 Å². The average molecular weight is 348 g/mol. The van der Waals surface area contributed by atoms with Crippen LogP contribution in [0.25, 0.3) is 11.3 Å². The Hall–Kier alpha value is -1.86. The lowest BCUT2D eigenvalue weighted by Crippen LogP contribution is -2.02. The van der Waals surface area contributed by atoms with Crippen LogP contribution in [-0.4, -0.2) is 25.2 Å². The minimum Gasteiger partial charge on any atom is -0.440 e. The summed E-state index contributed by atoms with van der Waals surface area (Å²) in [5.41, 5.74) is 0.857. The summed E-state index contributed by atoms with van der Waals surface area (Å²) in [4.78, 5) is 4.32. The second kappa shape index (κ2) is 6.33. The van der Waals surface area contributed by atoms with E-state index in [9.17, 15) is 0 Å². The lowest BCUT2D eigenvalue weighted by atomic mass is 10.2. The third-order valence-corrected chi connectivity index (χ3v) is 4.85. The number of hydrogen-bond acceptors (Lipinski definition) is 6. The monoisotopic (exact) mass is 347 g/mol. The largest absolute Gasteiger partial charge is 0.440 e. The maximum absolute atomic E-state index is 6.17. The first-order valence-electron chi connectivity index (χ1n) is 7.35. The molecular weight excluding hydrogens is 334 g/mol. The van der Waals surface area contributed by atoms with E-state index in [2.05, 4.69) is 20.5 Å². The maximum Gasteiger partial charge on any atom is 0.204 e. The molecule has 0 saturated heterocycles. The molecule has 1 aliphatic rings. The molecule has 1 aliphatic carbocycles. The Kier molecular flexibility index (Phi) is 4.05. The molecule has 0 atom stereocenters. The molecular formula is C15H14ClN5OS. The minimum atomic E-state index is 0.495. The first kappa shape index (κ1) is 14.7. The number of rotatable bonds is 6. The van der Waals surface area contributed by atoms with Gasteiger partial charge in [0.1, 0.15) is 0 Å². The zero-order valence-corrected chi connectivity index (χ0v) is 13.8. The van der Waals surface area contributed by atoms with Crippen molar-refractivity contribution >= 4 is 23.4 Å². The third-order valence-electron chi connectivity index (χ3n) is 3.60. The van der Waals surface area contributed by atoms with E-state index in [1.165, 1.54) is 12.8 Å². The number of aromatic nitrogens is 5. The fourth-order valence-corrected chi connectivity index (χ4v) is 3.31. The number of oxazole rings is 1. The highest BCUT2D eigenvalue weighted by molar-refractivity contribution is 7.97. The summed E-state index contributed by atoms with van der Waals surface area (Å²) in [6.45, 7) is 0. The summed E-state index contributed by atoms with van der Waals surface area (Å²) in [6, 6.07) is 8.07. The van der Waals surface area contributed by atoms with Gasteiger partial charge in [0.05, 0.1) is 28.8 Å². The number of halogens is 1. The molecule has 0 N–H and O–H groups in total. The van der Waals surface area contributed by atoms with Crippen molar-refractivity contribution < 1.29 is 4.42 Å². The highest BCUT2D eigenvalue weighted by atomic mass is 35.5. The van der Waals surface area contributed by atoms with Crippen molar-refractivity contribution in [3.63, 3.8) is 0 Å². The number of hydrogen-bond donors (Lipinski definition) is 0. The van der Waals surface area contributed by atoms with Gasteiger partial charge < -0.3 is 4.42 Å². The molecule has 0 amide bonds. The van der Waals surface area contributed by atoms with Crippen LogP contribution < -0.4 is 0 Å². The van der Waals surface area contributed by atoms with Crippen molar-refractivity contribution in [2.45, 2.75) is 30.4 Å². The van der Waals surface area contributed by atoms with E-state index in [1.54, 1.807) is 18.0 Å². The number of thioether (sulfide) groups is 1. The quantitative estimate of drug-likeness (QED) is 0.676. The summed E-state index contributed by atoms with van der Waals surface area (Å²) in [5, 5.41) is 12.5. The van der Waals surface area contributed by atoms with Gasteiger partial charge in [0.25, 0.3) is 0 Å². The predicted octanol–water partition coefficient (Wildman–Crippen LogP) is 3.75. The van der Waals surface area contributed by atoms with Crippen molar-refractivity contribution in [3.8, 4) is 11.3 Å². The highest BCUT2D eigenvalue weighted by Crippen LogP contribution is 2.35. The van der Waals surface area contributed by atoms with Crippen LogP contribution in [0.4, 0.5) is 0 Å². The second-order valence-corrected chi connectivity index (χ2v) is 6.75. The Morgan fingerprint density at radius 3 is 2.96 bits per heavy atom. The van der Waals surface area contributed by atoms with Gasteiger partial charge in [-0.05, 0) is 35.4 Å². The van der Waals surface area contributed by atoms with Crippen molar-refractivity contribution in [1.82, 2.24) is 25.2 Å². The van der Waals surface area contributed by atoms with Crippen LogP contribution in [0, 0.1) is 0 Å². The van der Waals surface area contributed by atoms with Crippen LogP contribution in [-0.2, 0) is 11.5 Å². The van der Waals surface area contributed by atoms with Crippen LogP contribution in [0.1, 0.15) is 30.6 Å². The topological polar surface area (TPSA) is 69.6 Å². The molecule has 2 aromatic heterocycles. The lowest BCUT2D eigenvalue weighted by Gasteiger charge is -2.01. The Bertz CT molecular complexity index is 814. The van der Waals surface area contributed by atoms with Gasteiger partial charge in [0, 0.05) is 5.56 Å². The molecule has 0 unspecified atom stereocenters. The molecule has 0 bridgehead atoms. The molecule has 0 radical (unpaired) electrons. The summed E-state index contributed by atoms with van der Waals surface area (Å²) in [6.07, 6.45) is 4.05. The molecule has 118 valence electrons. The van der Waals surface area contributed by atoms with E-state index in [-0.39, 0.29) is 0 Å². The van der Waals surface area contributed by atoms with Gasteiger partial charge in [0.15, 0.2) is 11.6 Å². The second-order valence-electron chi connectivity index (χ2n) is 5.36. The van der Waals surface area contributed by atoms with E-state index >= 15 is 0 Å². The number of nitrogens with zero attached hydrogens (tertiary/aromatic N) is 5. The molecule has 8 heteroatoms. The molecule has 0 spiro atoms. The van der Waals surface area contributed by atoms with Gasteiger partial charge >= 0.3 is 0 Å². The van der Waals surface area contributed by atoms with Crippen molar-refractivity contribution in [3.05, 3.63) is 47.2 Å². The minimum absolute atomic E-state index is 0.495. The van der Waals surface area contributed by atoms with Gasteiger partial charge in [-0.2, -0.15) is 0 Å². The molecule has 6 nitrogen and oxygen atoms in total. The Morgan fingerprint density at radius 2 is 2.13 bits per heavy atom. The molecule has 23 heavy (non-hydrogen) atoms. The fraction of sp³-hybridized carbons (Fsp3) is 0.333. The summed E-state index contributed by atoms with van der Waals surface area (Å²) in [5.74, 6) is 3.69. The maximum atomic E-state index is 6.17. The van der Waals surface area contributed by atoms with E-state index in [1.807, 2.05) is 28.9 Å². The van der Waals surface area contributed by atoms with Crippen LogP contribution >= 0.6 is 23.4 Å². The zero-order valence-electron chi connectivity index (χ0n) is 12.2. The molecule has 1 saturated carbocycles. The first-order valence-corrected chi connectivity index (χ1v) is 8.88. The van der Waals surface area contributed by atoms with Crippen LogP contribution in [0.3, 0.4) is 0 Å². The van der Waals surface area contributed by atoms with E-state index in [0.717, 1.165) is 17.1 Å². The summed E-state index contributed by atoms with van der Waals surface area (Å²) < 4.78 is 7.71. The smallest absolute Gasteiger partial charge is 0.204 e. The van der Waals surface area contributed by atoms with Crippen LogP contribution in [0.5, 0.6) is 0 Å². The zero-order chi connectivity index (χ0) is 15.6. The van der Waals surface area contributed by atoms with Crippen LogP contribution in [0.15, 0.2) is 34.9 Å².